The molecule has 28 heavy (non-hydrogen) atoms. The highest BCUT2D eigenvalue weighted by Gasteiger charge is 2.40. The van der Waals surface area contributed by atoms with Crippen LogP contribution >= 0.6 is 0 Å². The van der Waals surface area contributed by atoms with Crippen LogP contribution in [0.1, 0.15) is 49.0 Å². The molecule has 1 aliphatic heterocycles. The molecule has 150 valence electrons. The second-order valence-electron chi connectivity index (χ2n) is 7.01. The highest BCUT2D eigenvalue weighted by molar-refractivity contribution is 5.95. The predicted octanol–water partition coefficient (Wildman–Crippen LogP) is 4.38. The number of nitrogens with zero attached hydrogens (tertiary/aromatic N) is 1. The molecule has 3 rings (SSSR count). The number of carbonyl (C=O) groups excluding carboxylic acids is 1. The number of hydrogen-bond acceptors (Lipinski definition) is 4. The fourth-order valence-corrected chi connectivity index (χ4v) is 3.07. The van der Waals surface area contributed by atoms with Crippen LogP contribution in [-0.2, 0) is 5.79 Å². The summed E-state index contributed by atoms with van der Waals surface area (Å²) in [6.07, 6.45) is 3.07. The molecular weight excluding hydrogens is 366 g/mol. The van der Waals surface area contributed by atoms with Gasteiger partial charge in [-0.1, -0.05) is 19.8 Å². The second kappa shape index (κ2) is 8.14. The van der Waals surface area contributed by atoms with Crippen molar-refractivity contribution in [2.75, 3.05) is 13.6 Å². The van der Waals surface area contributed by atoms with Crippen LogP contribution in [0.25, 0.3) is 0 Å². The molecule has 7 heteroatoms. The molecule has 0 spiro atoms. The molecule has 0 fully saturated rings. The largest absolute Gasteiger partial charge is 0.445 e. The Kier molecular flexibility index (Phi) is 5.84. The Morgan fingerprint density at radius 1 is 1.11 bits per heavy atom. The lowest BCUT2D eigenvalue weighted by Crippen LogP contribution is -2.40. The van der Waals surface area contributed by atoms with Gasteiger partial charge in [-0.25, -0.2) is 13.8 Å². The summed E-state index contributed by atoms with van der Waals surface area (Å²) in [7, 11) is 1.74. The van der Waals surface area contributed by atoms with E-state index < -0.39 is 17.5 Å². The highest BCUT2D eigenvalue weighted by Crippen LogP contribution is 2.45. The summed E-state index contributed by atoms with van der Waals surface area (Å²) in [5.74, 6) is -2.42. The van der Waals surface area contributed by atoms with Gasteiger partial charge in [0, 0.05) is 32.1 Å². The molecule has 1 aliphatic rings. The SMILES string of the molecule is CCCCCN(C)NC(=O)c1cc2c(cc1F)OC(C)(c1ccc(F)cc1)O2. The summed E-state index contributed by atoms with van der Waals surface area (Å²) in [6.45, 7) is 4.42. The number of hydrogen-bond donors (Lipinski definition) is 1. The van der Waals surface area contributed by atoms with Gasteiger partial charge in [0.1, 0.15) is 11.6 Å². The van der Waals surface area contributed by atoms with Gasteiger partial charge >= 0.3 is 0 Å². The van der Waals surface area contributed by atoms with Crippen LogP contribution in [0.15, 0.2) is 36.4 Å². The molecule has 1 N–H and O–H groups in total. The molecule has 5 nitrogen and oxygen atoms in total. The van der Waals surface area contributed by atoms with Crippen LogP contribution in [0.3, 0.4) is 0 Å². The first-order valence-corrected chi connectivity index (χ1v) is 9.32. The summed E-state index contributed by atoms with van der Waals surface area (Å²) in [5, 5.41) is 1.64. The molecular formula is C21H24F2N2O3. The average Bonchev–Trinajstić information content (AvgIpc) is 2.97. The normalized spacial score (nSPS) is 17.8. The van der Waals surface area contributed by atoms with Crippen molar-refractivity contribution in [3.63, 3.8) is 0 Å². The average molecular weight is 390 g/mol. The Balaban J connectivity index is 1.75. The van der Waals surface area contributed by atoms with Gasteiger partial charge in [-0.05, 0) is 36.8 Å². The third-order valence-corrected chi connectivity index (χ3v) is 4.65. The maximum atomic E-state index is 14.5. The van der Waals surface area contributed by atoms with E-state index in [2.05, 4.69) is 12.3 Å². The van der Waals surface area contributed by atoms with Crippen molar-refractivity contribution in [3.05, 3.63) is 59.2 Å². The van der Waals surface area contributed by atoms with Crippen molar-refractivity contribution >= 4 is 5.91 Å². The summed E-state index contributed by atoms with van der Waals surface area (Å²) >= 11 is 0. The zero-order chi connectivity index (χ0) is 20.3. The van der Waals surface area contributed by atoms with Crippen molar-refractivity contribution < 1.29 is 23.0 Å². The number of rotatable bonds is 7. The smallest absolute Gasteiger partial charge is 0.275 e. The molecule has 0 aromatic heterocycles. The summed E-state index contributed by atoms with van der Waals surface area (Å²) < 4.78 is 39.3. The van der Waals surface area contributed by atoms with Gasteiger partial charge in [0.2, 0.25) is 0 Å². The van der Waals surface area contributed by atoms with Crippen molar-refractivity contribution in [3.8, 4) is 11.5 Å². The quantitative estimate of drug-likeness (QED) is 0.563. The Morgan fingerprint density at radius 3 is 2.39 bits per heavy atom. The molecule has 1 heterocycles. The fourth-order valence-electron chi connectivity index (χ4n) is 3.07. The van der Waals surface area contributed by atoms with E-state index in [-0.39, 0.29) is 22.9 Å². The Bertz CT molecular complexity index is 857. The number of amides is 1. The van der Waals surface area contributed by atoms with Crippen LogP contribution in [0, 0.1) is 11.6 Å². The van der Waals surface area contributed by atoms with E-state index in [0.29, 0.717) is 12.1 Å². The van der Waals surface area contributed by atoms with Crippen LogP contribution in [0.5, 0.6) is 11.5 Å². The zero-order valence-corrected chi connectivity index (χ0v) is 16.2. The number of halogens is 2. The number of carbonyl (C=O) groups is 1. The van der Waals surface area contributed by atoms with Crippen LogP contribution < -0.4 is 14.9 Å². The van der Waals surface area contributed by atoms with Crippen molar-refractivity contribution in [1.82, 2.24) is 10.4 Å². The second-order valence-corrected chi connectivity index (χ2v) is 7.01. The first-order chi connectivity index (χ1) is 13.3. The molecule has 1 atom stereocenters. The third-order valence-electron chi connectivity index (χ3n) is 4.65. The highest BCUT2D eigenvalue weighted by atomic mass is 19.1. The molecule has 2 aromatic carbocycles. The van der Waals surface area contributed by atoms with Crippen molar-refractivity contribution in [2.45, 2.75) is 38.9 Å². The minimum Gasteiger partial charge on any atom is -0.445 e. The van der Waals surface area contributed by atoms with E-state index in [4.69, 9.17) is 9.47 Å². The van der Waals surface area contributed by atoms with E-state index >= 15 is 0 Å². The van der Waals surface area contributed by atoms with E-state index in [0.717, 1.165) is 25.3 Å². The first kappa shape index (κ1) is 20.1. The van der Waals surface area contributed by atoms with Gasteiger partial charge in [0.15, 0.2) is 11.5 Å². The lowest BCUT2D eigenvalue weighted by molar-refractivity contribution is -0.0681. The molecule has 0 radical (unpaired) electrons. The van der Waals surface area contributed by atoms with Gasteiger partial charge in [0.05, 0.1) is 5.56 Å². The monoisotopic (exact) mass is 390 g/mol. The number of fused-ring (bicyclic) bond motifs is 1. The van der Waals surface area contributed by atoms with Crippen LogP contribution in [-0.4, -0.2) is 24.5 Å². The Labute approximate surface area is 163 Å². The Morgan fingerprint density at radius 2 is 1.75 bits per heavy atom. The molecule has 1 amide bonds. The molecule has 0 aliphatic carbocycles. The minimum absolute atomic E-state index is 0.131. The number of nitrogens with one attached hydrogen (secondary N) is 1. The molecule has 0 saturated carbocycles. The van der Waals surface area contributed by atoms with Crippen molar-refractivity contribution in [1.29, 1.82) is 0 Å². The third kappa shape index (κ3) is 4.25. The van der Waals surface area contributed by atoms with Crippen molar-refractivity contribution in [2.24, 2.45) is 0 Å². The summed E-state index contributed by atoms with van der Waals surface area (Å²) in [6, 6.07) is 8.13. The lowest BCUT2D eigenvalue weighted by Gasteiger charge is -2.23. The number of benzene rings is 2. The zero-order valence-electron chi connectivity index (χ0n) is 16.2. The maximum absolute atomic E-state index is 14.5. The summed E-state index contributed by atoms with van der Waals surface area (Å²) in [4.78, 5) is 12.4. The minimum atomic E-state index is -1.23. The lowest BCUT2D eigenvalue weighted by atomic mass is 10.1. The van der Waals surface area contributed by atoms with Gasteiger partial charge in [-0.2, -0.15) is 0 Å². The van der Waals surface area contributed by atoms with Gasteiger partial charge in [0.25, 0.3) is 11.7 Å². The summed E-state index contributed by atoms with van der Waals surface area (Å²) in [5.41, 5.74) is 3.11. The van der Waals surface area contributed by atoms with E-state index in [1.54, 1.807) is 19.0 Å². The number of ether oxygens (including phenoxy) is 2. The van der Waals surface area contributed by atoms with E-state index in [9.17, 15) is 13.6 Å². The fraction of sp³-hybridized carbons (Fsp3) is 0.381. The van der Waals surface area contributed by atoms with E-state index in [1.165, 1.54) is 30.3 Å². The molecule has 1 unspecified atom stereocenters. The van der Waals surface area contributed by atoms with Crippen LogP contribution in [0.4, 0.5) is 8.78 Å². The molecule has 2 aromatic rings. The standard InChI is InChI=1S/C21H24F2N2O3/c1-4-5-6-11-25(3)24-20(26)16-12-18-19(13-17(16)23)28-21(2,27-18)14-7-9-15(22)10-8-14/h7-10,12-13H,4-6,11H2,1-3H3,(H,24,26). The van der Waals surface area contributed by atoms with Gasteiger partial charge in [-0.3, -0.25) is 10.2 Å². The number of hydrazine groups is 1. The number of unbranched alkanes of at least 4 members (excludes halogenated alkanes) is 2. The van der Waals surface area contributed by atoms with Gasteiger partial charge < -0.3 is 9.47 Å². The van der Waals surface area contributed by atoms with Gasteiger partial charge in [-0.15, -0.1) is 0 Å². The maximum Gasteiger partial charge on any atom is 0.275 e. The molecule has 0 saturated heterocycles. The van der Waals surface area contributed by atoms with Crippen LogP contribution in [0.2, 0.25) is 0 Å². The Hall–Kier alpha value is -2.67. The topological polar surface area (TPSA) is 50.8 Å². The first-order valence-electron chi connectivity index (χ1n) is 9.32. The predicted molar refractivity (Wildman–Crippen MR) is 101 cm³/mol. The molecule has 0 bridgehead atoms. The van der Waals surface area contributed by atoms with E-state index in [1.807, 2.05) is 0 Å².